The van der Waals surface area contributed by atoms with Crippen molar-refractivity contribution in [1.29, 1.82) is 0 Å². The summed E-state index contributed by atoms with van der Waals surface area (Å²) in [7, 11) is 0. The monoisotopic (exact) mass is 204 g/mol. The summed E-state index contributed by atoms with van der Waals surface area (Å²) in [5.74, 6) is -0.427. The smallest absolute Gasteiger partial charge is 0.158 e. The molecule has 0 aliphatic carbocycles. The maximum atomic E-state index is 9.33. The molecule has 76 valence electrons. The van der Waals surface area contributed by atoms with Crippen LogP contribution >= 0.6 is 0 Å². The number of nitrogens with zero attached hydrogens (tertiary/aromatic N) is 2. The first-order valence-electron chi connectivity index (χ1n) is 4.20. The molecule has 1 heterocycles. The molecule has 0 radical (unpaired) electrons. The normalized spacial score (nSPS) is 11.2. The highest BCUT2D eigenvalue weighted by atomic mass is 16.4. The van der Waals surface area contributed by atoms with Crippen molar-refractivity contribution < 1.29 is 15.4 Å². The molecule has 0 fully saturated rings. The van der Waals surface area contributed by atoms with Crippen LogP contribution in [0.5, 0.6) is 11.5 Å². The summed E-state index contributed by atoms with van der Waals surface area (Å²) in [6.45, 7) is 0. The molecule has 2 rings (SSSR count). The van der Waals surface area contributed by atoms with E-state index in [0.29, 0.717) is 16.5 Å². The Balaban J connectivity index is 2.79. The quantitative estimate of drug-likeness (QED) is 0.284. The molecular weight excluding hydrogens is 196 g/mol. The highest BCUT2D eigenvalue weighted by Gasteiger charge is 2.05. The Morgan fingerprint density at radius 2 is 1.93 bits per heavy atom. The molecule has 0 atom stereocenters. The first-order valence-corrected chi connectivity index (χ1v) is 4.20. The summed E-state index contributed by atoms with van der Waals surface area (Å²) in [5, 5.41) is 31.2. The summed E-state index contributed by atoms with van der Waals surface area (Å²) < 4.78 is 0. The molecule has 0 bridgehead atoms. The van der Waals surface area contributed by atoms with E-state index in [0.717, 1.165) is 0 Å². The second-order valence-corrected chi connectivity index (χ2v) is 3.00. The second kappa shape index (κ2) is 3.45. The second-order valence-electron chi connectivity index (χ2n) is 3.00. The minimum absolute atomic E-state index is 0.194. The molecule has 0 spiro atoms. The average Bonchev–Trinajstić information content (AvgIpc) is 2.21. The van der Waals surface area contributed by atoms with E-state index in [-0.39, 0.29) is 11.5 Å². The number of hydrogen-bond donors (Lipinski definition) is 3. The number of phenolic OH excluding ortho intramolecular Hbond substituents is 2. The third kappa shape index (κ3) is 1.54. The molecule has 0 saturated heterocycles. The standard InChI is InChI=1S/C10H8N2O3/c13-9-3-6-1-2-11-8(5-12-15)7(6)4-10(9)14/h1-5,13-15H/b12-5+. The zero-order valence-electron chi connectivity index (χ0n) is 7.62. The number of aromatic nitrogens is 1. The molecule has 0 aliphatic heterocycles. The molecule has 1 aromatic heterocycles. The number of rotatable bonds is 1. The maximum absolute atomic E-state index is 9.33. The van der Waals surface area contributed by atoms with Crippen LogP contribution in [0, 0.1) is 0 Å². The zero-order valence-corrected chi connectivity index (χ0v) is 7.62. The third-order valence-electron chi connectivity index (χ3n) is 2.07. The van der Waals surface area contributed by atoms with Gasteiger partial charge in [-0.2, -0.15) is 0 Å². The van der Waals surface area contributed by atoms with Crippen molar-refractivity contribution in [3.63, 3.8) is 0 Å². The van der Waals surface area contributed by atoms with Gasteiger partial charge in [0.05, 0.1) is 11.9 Å². The Morgan fingerprint density at radius 3 is 2.67 bits per heavy atom. The first-order chi connectivity index (χ1) is 7.22. The highest BCUT2D eigenvalue weighted by molar-refractivity contribution is 5.98. The molecule has 0 saturated carbocycles. The van der Waals surface area contributed by atoms with Crippen molar-refractivity contribution in [2.24, 2.45) is 5.16 Å². The number of pyridine rings is 1. The molecule has 2 aromatic rings. The Morgan fingerprint density at radius 1 is 1.20 bits per heavy atom. The van der Waals surface area contributed by atoms with Crippen molar-refractivity contribution >= 4 is 17.0 Å². The van der Waals surface area contributed by atoms with Gasteiger partial charge in [0.25, 0.3) is 0 Å². The number of fused-ring (bicyclic) bond motifs is 1. The molecule has 15 heavy (non-hydrogen) atoms. The predicted octanol–water partition coefficient (Wildman–Crippen LogP) is 1.45. The Labute approximate surface area is 84.9 Å². The van der Waals surface area contributed by atoms with Gasteiger partial charge in [-0.15, -0.1) is 0 Å². The maximum Gasteiger partial charge on any atom is 0.158 e. The Kier molecular flexibility index (Phi) is 2.13. The number of hydrogen-bond acceptors (Lipinski definition) is 5. The first kappa shape index (κ1) is 9.26. The van der Waals surface area contributed by atoms with Crippen LogP contribution in [0.25, 0.3) is 10.8 Å². The fourth-order valence-electron chi connectivity index (χ4n) is 1.38. The van der Waals surface area contributed by atoms with E-state index in [4.69, 9.17) is 5.21 Å². The van der Waals surface area contributed by atoms with Gasteiger partial charge in [-0.25, -0.2) is 0 Å². The SMILES string of the molecule is O/N=C/c1nccc2cc(O)c(O)cc12. The van der Waals surface area contributed by atoms with Gasteiger partial charge in [-0.3, -0.25) is 4.98 Å². The number of phenols is 2. The fourth-order valence-corrected chi connectivity index (χ4v) is 1.38. The van der Waals surface area contributed by atoms with Gasteiger partial charge in [-0.1, -0.05) is 5.16 Å². The molecule has 5 heteroatoms. The lowest BCUT2D eigenvalue weighted by Gasteiger charge is -2.03. The van der Waals surface area contributed by atoms with Crippen LogP contribution in [0.15, 0.2) is 29.6 Å². The number of oxime groups is 1. The van der Waals surface area contributed by atoms with Gasteiger partial charge in [-0.05, 0) is 23.6 Å². The van der Waals surface area contributed by atoms with E-state index in [1.165, 1.54) is 24.5 Å². The molecule has 1 aromatic carbocycles. The van der Waals surface area contributed by atoms with E-state index < -0.39 is 0 Å². The minimum atomic E-state index is -0.233. The van der Waals surface area contributed by atoms with Crippen LogP contribution in [0.2, 0.25) is 0 Å². The zero-order chi connectivity index (χ0) is 10.8. The lowest BCUT2D eigenvalue weighted by Crippen LogP contribution is -1.89. The van der Waals surface area contributed by atoms with Crippen LogP contribution < -0.4 is 0 Å². The molecule has 0 unspecified atom stereocenters. The third-order valence-corrected chi connectivity index (χ3v) is 2.07. The van der Waals surface area contributed by atoms with Gasteiger partial charge in [0.2, 0.25) is 0 Å². The number of benzene rings is 1. The van der Waals surface area contributed by atoms with E-state index in [2.05, 4.69) is 10.1 Å². The van der Waals surface area contributed by atoms with Gasteiger partial charge in [0.15, 0.2) is 11.5 Å². The molecule has 0 amide bonds. The van der Waals surface area contributed by atoms with Crippen molar-refractivity contribution in [2.45, 2.75) is 0 Å². The summed E-state index contributed by atoms with van der Waals surface area (Å²) in [4.78, 5) is 3.97. The van der Waals surface area contributed by atoms with Crippen LogP contribution in [-0.4, -0.2) is 26.6 Å². The van der Waals surface area contributed by atoms with E-state index in [1.54, 1.807) is 6.07 Å². The lowest BCUT2D eigenvalue weighted by molar-refractivity contribution is 0.321. The van der Waals surface area contributed by atoms with Crippen LogP contribution in [0.4, 0.5) is 0 Å². The highest BCUT2D eigenvalue weighted by Crippen LogP contribution is 2.30. The van der Waals surface area contributed by atoms with E-state index >= 15 is 0 Å². The van der Waals surface area contributed by atoms with Gasteiger partial charge < -0.3 is 15.4 Å². The van der Waals surface area contributed by atoms with Gasteiger partial charge in [0, 0.05) is 11.6 Å². The van der Waals surface area contributed by atoms with Gasteiger partial charge in [0.1, 0.15) is 0 Å². The topological polar surface area (TPSA) is 85.9 Å². The van der Waals surface area contributed by atoms with Crippen LogP contribution in [-0.2, 0) is 0 Å². The van der Waals surface area contributed by atoms with Crippen LogP contribution in [0.3, 0.4) is 0 Å². The Bertz CT molecular complexity index is 537. The lowest BCUT2D eigenvalue weighted by atomic mass is 10.1. The largest absolute Gasteiger partial charge is 0.504 e. The van der Waals surface area contributed by atoms with Crippen molar-refractivity contribution in [1.82, 2.24) is 4.98 Å². The van der Waals surface area contributed by atoms with Crippen LogP contribution in [0.1, 0.15) is 5.69 Å². The van der Waals surface area contributed by atoms with E-state index in [9.17, 15) is 10.2 Å². The predicted molar refractivity (Wildman–Crippen MR) is 54.5 cm³/mol. The van der Waals surface area contributed by atoms with Gasteiger partial charge >= 0.3 is 0 Å². The molecular formula is C10H8N2O3. The summed E-state index contributed by atoms with van der Waals surface area (Å²) in [5.41, 5.74) is 0.422. The average molecular weight is 204 g/mol. The molecule has 5 nitrogen and oxygen atoms in total. The van der Waals surface area contributed by atoms with Crippen molar-refractivity contribution in [3.8, 4) is 11.5 Å². The Hall–Kier alpha value is -2.30. The minimum Gasteiger partial charge on any atom is -0.504 e. The summed E-state index contributed by atoms with van der Waals surface area (Å²) in [6, 6.07) is 4.47. The number of aromatic hydroxyl groups is 2. The van der Waals surface area contributed by atoms with Crippen molar-refractivity contribution in [3.05, 3.63) is 30.1 Å². The van der Waals surface area contributed by atoms with E-state index in [1.807, 2.05) is 0 Å². The molecule has 3 N–H and O–H groups in total. The van der Waals surface area contributed by atoms with Crippen molar-refractivity contribution in [2.75, 3.05) is 0 Å². The summed E-state index contributed by atoms with van der Waals surface area (Å²) >= 11 is 0. The summed E-state index contributed by atoms with van der Waals surface area (Å²) in [6.07, 6.45) is 2.69. The fraction of sp³-hybridized carbons (Fsp3) is 0. The molecule has 0 aliphatic rings.